The molecule has 0 saturated carbocycles. The lowest BCUT2D eigenvalue weighted by Crippen LogP contribution is -2.35. The molecular weight excluding hydrogens is 190 g/mol. The first kappa shape index (κ1) is 12.9. The maximum absolute atomic E-state index is 11.5. The SMILES string of the molecule is CCCC(CC)S(=O)(=O)NCCO. The van der Waals surface area contributed by atoms with Gasteiger partial charge in [-0.1, -0.05) is 20.3 Å². The van der Waals surface area contributed by atoms with Crippen molar-refractivity contribution in [3.63, 3.8) is 0 Å². The van der Waals surface area contributed by atoms with Gasteiger partial charge in [0.1, 0.15) is 0 Å². The van der Waals surface area contributed by atoms with Gasteiger partial charge in [0.15, 0.2) is 0 Å². The number of aliphatic hydroxyl groups excluding tert-OH is 1. The van der Waals surface area contributed by atoms with Crippen LogP contribution in [-0.2, 0) is 10.0 Å². The zero-order valence-corrected chi connectivity index (χ0v) is 9.10. The minimum Gasteiger partial charge on any atom is -0.395 e. The van der Waals surface area contributed by atoms with Gasteiger partial charge < -0.3 is 5.11 Å². The number of sulfonamides is 1. The van der Waals surface area contributed by atoms with Crippen molar-refractivity contribution >= 4 is 10.0 Å². The lowest BCUT2D eigenvalue weighted by atomic mass is 10.2. The van der Waals surface area contributed by atoms with Gasteiger partial charge in [-0.3, -0.25) is 0 Å². The average Bonchev–Trinajstić information content (AvgIpc) is 2.10. The third kappa shape index (κ3) is 4.59. The van der Waals surface area contributed by atoms with E-state index in [2.05, 4.69) is 4.72 Å². The highest BCUT2D eigenvalue weighted by atomic mass is 32.2. The Kier molecular flexibility index (Phi) is 6.28. The van der Waals surface area contributed by atoms with E-state index in [9.17, 15) is 8.42 Å². The first-order valence-corrected chi connectivity index (χ1v) is 6.22. The second-order valence-electron chi connectivity index (χ2n) is 2.98. The Labute approximate surface area is 80.4 Å². The van der Waals surface area contributed by atoms with Crippen LogP contribution in [0, 0.1) is 0 Å². The summed E-state index contributed by atoms with van der Waals surface area (Å²) in [5.74, 6) is 0. The molecule has 0 bridgehead atoms. The molecule has 0 radical (unpaired) electrons. The second-order valence-corrected chi connectivity index (χ2v) is 5.03. The Morgan fingerprint density at radius 3 is 2.38 bits per heavy atom. The van der Waals surface area contributed by atoms with Gasteiger partial charge in [0.2, 0.25) is 10.0 Å². The van der Waals surface area contributed by atoms with Gasteiger partial charge in [-0.05, 0) is 12.8 Å². The van der Waals surface area contributed by atoms with Crippen LogP contribution in [0.15, 0.2) is 0 Å². The molecule has 0 aliphatic carbocycles. The molecule has 1 unspecified atom stereocenters. The van der Waals surface area contributed by atoms with Gasteiger partial charge in [-0.2, -0.15) is 0 Å². The molecule has 4 nitrogen and oxygen atoms in total. The van der Waals surface area contributed by atoms with Crippen molar-refractivity contribution in [3.8, 4) is 0 Å². The Hall–Kier alpha value is -0.130. The Bertz CT molecular complexity index is 213. The van der Waals surface area contributed by atoms with Crippen LogP contribution in [0.2, 0.25) is 0 Å². The predicted octanol–water partition coefficient (Wildman–Crippen LogP) is 0.477. The van der Waals surface area contributed by atoms with E-state index in [0.717, 1.165) is 6.42 Å². The number of nitrogens with one attached hydrogen (secondary N) is 1. The maximum Gasteiger partial charge on any atom is 0.214 e. The van der Waals surface area contributed by atoms with Gasteiger partial charge >= 0.3 is 0 Å². The highest BCUT2D eigenvalue weighted by Crippen LogP contribution is 2.10. The number of hydrogen-bond acceptors (Lipinski definition) is 3. The van der Waals surface area contributed by atoms with Crippen LogP contribution < -0.4 is 4.72 Å². The Morgan fingerprint density at radius 1 is 1.38 bits per heavy atom. The topological polar surface area (TPSA) is 66.4 Å². The van der Waals surface area contributed by atoms with Crippen LogP contribution in [0.5, 0.6) is 0 Å². The molecule has 0 heterocycles. The van der Waals surface area contributed by atoms with Crippen molar-refractivity contribution < 1.29 is 13.5 Å². The van der Waals surface area contributed by atoms with E-state index in [1.165, 1.54) is 0 Å². The minimum absolute atomic E-state index is 0.114. The van der Waals surface area contributed by atoms with E-state index in [1.54, 1.807) is 0 Å². The van der Waals surface area contributed by atoms with Crippen molar-refractivity contribution in [3.05, 3.63) is 0 Å². The van der Waals surface area contributed by atoms with Crippen molar-refractivity contribution in [2.24, 2.45) is 0 Å². The maximum atomic E-state index is 11.5. The van der Waals surface area contributed by atoms with Gasteiger partial charge in [0.05, 0.1) is 11.9 Å². The summed E-state index contributed by atoms with van der Waals surface area (Å²) in [5.41, 5.74) is 0. The average molecular weight is 209 g/mol. The molecule has 0 fully saturated rings. The fraction of sp³-hybridized carbons (Fsp3) is 1.00. The molecule has 0 aliphatic heterocycles. The summed E-state index contributed by atoms with van der Waals surface area (Å²) in [6.45, 7) is 3.78. The first-order chi connectivity index (χ1) is 6.08. The van der Waals surface area contributed by atoms with Crippen molar-refractivity contribution in [2.75, 3.05) is 13.2 Å². The molecule has 0 aromatic heterocycles. The molecule has 0 aromatic rings. The van der Waals surface area contributed by atoms with Gasteiger partial charge in [0.25, 0.3) is 0 Å². The Morgan fingerprint density at radius 2 is 2.00 bits per heavy atom. The minimum atomic E-state index is -3.21. The predicted molar refractivity (Wildman–Crippen MR) is 53.0 cm³/mol. The molecule has 0 rings (SSSR count). The van der Waals surface area contributed by atoms with E-state index in [1.807, 2.05) is 13.8 Å². The van der Waals surface area contributed by atoms with Crippen LogP contribution in [0.25, 0.3) is 0 Å². The largest absolute Gasteiger partial charge is 0.395 e. The van der Waals surface area contributed by atoms with Crippen LogP contribution in [-0.4, -0.2) is 31.9 Å². The van der Waals surface area contributed by atoms with Gasteiger partial charge in [-0.15, -0.1) is 0 Å². The summed E-state index contributed by atoms with van der Waals surface area (Å²) >= 11 is 0. The monoisotopic (exact) mass is 209 g/mol. The summed E-state index contributed by atoms with van der Waals surface area (Å²) in [4.78, 5) is 0. The van der Waals surface area contributed by atoms with Crippen molar-refractivity contribution in [1.29, 1.82) is 0 Å². The van der Waals surface area contributed by atoms with Crippen LogP contribution in [0.3, 0.4) is 0 Å². The first-order valence-electron chi connectivity index (χ1n) is 4.67. The third-order valence-electron chi connectivity index (χ3n) is 1.92. The molecule has 2 N–H and O–H groups in total. The van der Waals surface area contributed by atoms with Crippen LogP contribution in [0.1, 0.15) is 33.1 Å². The molecule has 0 aliphatic rings. The summed E-state index contributed by atoms with van der Waals surface area (Å²) in [5, 5.41) is 8.17. The molecule has 0 spiro atoms. The van der Waals surface area contributed by atoms with Crippen LogP contribution >= 0.6 is 0 Å². The fourth-order valence-electron chi connectivity index (χ4n) is 1.21. The van der Waals surface area contributed by atoms with Crippen molar-refractivity contribution in [1.82, 2.24) is 4.72 Å². The molecule has 0 amide bonds. The van der Waals surface area contributed by atoms with E-state index in [0.29, 0.717) is 12.8 Å². The molecule has 13 heavy (non-hydrogen) atoms. The number of rotatable bonds is 7. The zero-order valence-electron chi connectivity index (χ0n) is 8.28. The Balaban J connectivity index is 4.21. The second kappa shape index (κ2) is 6.34. The summed E-state index contributed by atoms with van der Waals surface area (Å²) in [7, 11) is -3.21. The van der Waals surface area contributed by atoms with Crippen LogP contribution in [0.4, 0.5) is 0 Å². The van der Waals surface area contributed by atoms with E-state index in [4.69, 9.17) is 5.11 Å². The highest BCUT2D eigenvalue weighted by molar-refractivity contribution is 7.90. The van der Waals surface area contributed by atoms with E-state index >= 15 is 0 Å². The van der Waals surface area contributed by atoms with E-state index < -0.39 is 10.0 Å². The summed E-state index contributed by atoms with van der Waals surface area (Å²) in [6.07, 6.45) is 2.16. The normalized spacial score (nSPS) is 14.4. The van der Waals surface area contributed by atoms with E-state index in [-0.39, 0.29) is 18.4 Å². The quantitative estimate of drug-likeness (QED) is 0.641. The van der Waals surface area contributed by atoms with Gasteiger partial charge in [0, 0.05) is 6.54 Å². The molecule has 0 saturated heterocycles. The summed E-state index contributed by atoms with van der Waals surface area (Å²) in [6, 6.07) is 0. The summed E-state index contributed by atoms with van der Waals surface area (Å²) < 4.78 is 25.3. The zero-order chi connectivity index (χ0) is 10.3. The smallest absolute Gasteiger partial charge is 0.214 e. The van der Waals surface area contributed by atoms with Gasteiger partial charge in [-0.25, -0.2) is 13.1 Å². The molecule has 80 valence electrons. The lowest BCUT2D eigenvalue weighted by Gasteiger charge is -2.14. The highest BCUT2D eigenvalue weighted by Gasteiger charge is 2.21. The molecular formula is C8H19NO3S. The van der Waals surface area contributed by atoms with Crippen molar-refractivity contribution in [2.45, 2.75) is 38.4 Å². The molecule has 0 aromatic carbocycles. The number of hydrogen-bond donors (Lipinski definition) is 2. The molecule has 5 heteroatoms. The lowest BCUT2D eigenvalue weighted by molar-refractivity contribution is 0.300. The fourth-order valence-corrected chi connectivity index (χ4v) is 2.80. The third-order valence-corrected chi connectivity index (χ3v) is 3.97. The standard InChI is InChI=1S/C8H19NO3S/c1-3-5-8(4-2)13(11,12)9-6-7-10/h8-10H,3-7H2,1-2H3. The molecule has 1 atom stereocenters. The number of aliphatic hydroxyl groups is 1.